The molecular formula is C17H18N2O3S2. The summed E-state index contributed by atoms with van der Waals surface area (Å²) in [6.07, 6.45) is 2.92. The molecule has 126 valence electrons. The van der Waals surface area contributed by atoms with Crippen molar-refractivity contribution >= 4 is 45.3 Å². The number of aromatic hydroxyl groups is 1. The number of fused-ring (bicyclic) bond motifs is 1. The third kappa shape index (κ3) is 3.22. The number of phenolic OH excluding ortho intramolecular Hbond substituents is 1. The largest absolute Gasteiger partial charge is 0.506 e. The number of aryl methyl sites for hydroxylation is 2. The van der Waals surface area contributed by atoms with E-state index in [1.165, 1.54) is 23.3 Å². The second-order valence-electron chi connectivity index (χ2n) is 5.65. The molecule has 2 aromatic rings. The Balaban J connectivity index is 1.82. The number of hydrogen-bond donors (Lipinski definition) is 3. The fourth-order valence-electron chi connectivity index (χ4n) is 2.82. The normalized spacial score (nSPS) is 12.6. The highest BCUT2D eigenvalue weighted by molar-refractivity contribution is 7.80. The molecule has 1 heterocycles. The van der Waals surface area contributed by atoms with Gasteiger partial charge in [0.15, 0.2) is 5.11 Å². The number of thiophene rings is 1. The number of esters is 1. The maximum absolute atomic E-state index is 12.1. The molecule has 3 rings (SSSR count). The molecule has 3 N–H and O–H groups in total. The summed E-state index contributed by atoms with van der Waals surface area (Å²) in [6.45, 7) is 1.93. The Hall–Kier alpha value is -2.12. The van der Waals surface area contributed by atoms with Gasteiger partial charge in [-0.05, 0) is 61.7 Å². The molecule has 5 nitrogen and oxygen atoms in total. The summed E-state index contributed by atoms with van der Waals surface area (Å²) in [5, 5.41) is 17.0. The van der Waals surface area contributed by atoms with E-state index in [1.807, 2.05) is 13.0 Å². The van der Waals surface area contributed by atoms with Gasteiger partial charge in [0.25, 0.3) is 0 Å². The van der Waals surface area contributed by atoms with Gasteiger partial charge in [0.2, 0.25) is 0 Å². The molecule has 7 heteroatoms. The summed E-state index contributed by atoms with van der Waals surface area (Å²) in [5.74, 6) is -0.232. The second-order valence-corrected chi connectivity index (χ2v) is 7.17. The standard InChI is InChI=1S/C17H18N2O3S2/c1-9-6-7-12(20)11(8-9)18-17(23)19-15-14(16(21)22-2)10-4-3-5-13(10)24-15/h6-8,20H,3-5H2,1-2H3,(H2,18,19,23). The van der Waals surface area contributed by atoms with Crippen molar-refractivity contribution in [3.8, 4) is 5.75 Å². The zero-order chi connectivity index (χ0) is 17.3. The van der Waals surface area contributed by atoms with Crippen LogP contribution in [0, 0.1) is 6.92 Å². The van der Waals surface area contributed by atoms with E-state index in [-0.39, 0.29) is 11.7 Å². The minimum atomic E-state index is -0.349. The van der Waals surface area contributed by atoms with Gasteiger partial charge in [-0.25, -0.2) is 4.79 Å². The van der Waals surface area contributed by atoms with Crippen molar-refractivity contribution in [1.82, 2.24) is 0 Å². The molecule has 0 saturated carbocycles. The number of methoxy groups -OCH3 is 1. The minimum Gasteiger partial charge on any atom is -0.506 e. The number of carbonyl (C=O) groups excluding carboxylic acids is 1. The number of ether oxygens (including phenoxy) is 1. The molecule has 0 aliphatic heterocycles. The quantitative estimate of drug-likeness (QED) is 0.438. The lowest BCUT2D eigenvalue weighted by atomic mass is 10.1. The van der Waals surface area contributed by atoms with Crippen LogP contribution in [-0.4, -0.2) is 23.3 Å². The molecule has 0 fully saturated rings. The van der Waals surface area contributed by atoms with Gasteiger partial charge < -0.3 is 20.5 Å². The summed E-state index contributed by atoms with van der Waals surface area (Å²) in [4.78, 5) is 13.3. The topological polar surface area (TPSA) is 70.6 Å². The first-order chi connectivity index (χ1) is 11.5. The van der Waals surface area contributed by atoms with Crippen LogP contribution in [0.15, 0.2) is 18.2 Å². The number of nitrogens with one attached hydrogen (secondary N) is 2. The van der Waals surface area contributed by atoms with Crippen molar-refractivity contribution in [2.24, 2.45) is 0 Å². The van der Waals surface area contributed by atoms with Crippen LogP contribution in [0.1, 0.15) is 32.8 Å². The number of phenols is 1. The van der Waals surface area contributed by atoms with Gasteiger partial charge in [0.05, 0.1) is 18.4 Å². The van der Waals surface area contributed by atoms with Gasteiger partial charge >= 0.3 is 5.97 Å². The summed E-state index contributed by atoms with van der Waals surface area (Å²) < 4.78 is 4.92. The first kappa shape index (κ1) is 16.7. The molecule has 0 radical (unpaired) electrons. The molecule has 0 spiro atoms. The molecule has 0 saturated heterocycles. The van der Waals surface area contributed by atoms with Crippen LogP contribution in [0.3, 0.4) is 0 Å². The molecule has 1 aliphatic carbocycles. The minimum absolute atomic E-state index is 0.117. The molecule has 0 atom stereocenters. The lowest BCUT2D eigenvalue weighted by Gasteiger charge is -2.12. The smallest absolute Gasteiger partial charge is 0.341 e. The van der Waals surface area contributed by atoms with Crippen LogP contribution in [0.2, 0.25) is 0 Å². The van der Waals surface area contributed by atoms with E-state index in [9.17, 15) is 9.90 Å². The number of hydrogen-bond acceptors (Lipinski definition) is 5. The van der Waals surface area contributed by atoms with Crippen LogP contribution in [0.5, 0.6) is 5.75 Å². The lowest BCUT2D eigenvalue weighted by molar-refractivity contribution is 0.0601. The summed E-state index contributed by atoms with van der Waals surface area (Å²) >= 11 is 6.87. The fourth-order valence-corrected chi connectivity index (χ4v) is 4.38. The van der Waals surface area contributed by atoms with Crippen molar-refractivity contribution < 1.29 is 14.6 Å². The highest BCUT2D eigenvalue weighted by Gasteiger charge is 2.27. The number of rotatable bonds is 3. The van der Waals surface area contributed by atoms with Gasteiger partial charge in [-0.1, -0.05) is 6.07 Å². The Morgan fingerprint density at radius 3 is 2.88 bits per heavy atom. The zero-order valence-corrected chi connectivity index (χ0v) is 15.1. The average molecular weight is 362 g/mol. The predicted molar refractivity (Wildman–Crippen MR) is 100 cm³/mol. The molecule has 1 aliphatic rings. The first-order valence-electron chi connectivity index (χ1n) is 7.60. The Bertz CT molecular complexity index is 814. The fraction of sp³-hybridized carbons (Fsp3) is 0.294. The number of anilines is 2. The van der Waals surface area contributed by atoms with E-state index in [0.717, 1.165) is 30.4 Å². The first-order valence-corrected chi connectivity index (χ1v) is 8.82. The molecule has 0 bridgehead atoms. The van der Waals surface area contributed by atoms with Crippen molar-refractivity contribution in [3.05, 3.63) is 39.8 Å². The Morgan fingerprint density at radius 1 is 1.33 bits per heavy atom. The van der Waals surface area contributed by atoms with Crippen LogP contribution in [0.4, 0.5) is 10.7 Å². The monoisotopic (exact) mass is 362 g/mol. The predicted octanol–water partition coefficient (Wildman–Crippen LogP) is 3.85. The second kappa shape index (κ2) is 6.78. The maximum Gasteiger partial charge on any atom is 0.341 e. The van der Waals surface area contributed by atoms with Crippen LogP contribution < -0.4 is 10.6 Å². The van der Waals surface area contributed by atoms with E-state index in [2.05, 4.69) is 10.6 Å². The third-order valence-corrected chi connectivity index (χ3v) is 5.35. The zero-order valence-electron chi connectivity index (χ0n) is 13.4. The van der Waals surface area contributed by atoms with Gasteiger partial charge in [0, 0.05) is 4.88 Å². The van der Waals surface area contributed by atoms with Gasteiger partial charge in [-0.15, -0.1) is 11.3 Å². The van der Waals surface area contributed by atoms with E-state index < -0.39 is 0 Å². The van der Waals surface area contributed by atoms with E-state index >= 15 is 0 Å². The summed E-state index contributed by atoms with van der Waals surface area (Å²) in [5.41, 5.74) is 3.17. The summed E-state index contributed by atoms with van der Waals surface area (Å²) in [7, 11) is 1.38. The number of thiocarbonyl (C=S) groups is 1. The van der Waals surface area contributed by atoms with Crippen LogP contribution >= 0.6 is 23.6 Å². The van der Waals surface area contributed by atoms with Gasteiger partial charge in [-0.3, -0.25) is 0 Å². The SMILES string of the molecule is COC(=O)c1c(NC(=S)Nc2cc(C)ccc2O)sc2c1CCC2. The van der Waals surface area contributed by atoms with Gasteiger partial charge in [0.1, 0.15) is 10.8 Å². The number of benzene rings is 1. The molecule has 0 unspecified atom stereocenters. The van der Waals surface area contributed by atoms with Crippen molar-refractivity contribution in [2.75, 3.05) is 17.7 Å². The molecule has 1 aromatic carbocycles. The highest BCUT2D eigenvalue weighted by Crippen LogP contribution is 2.39. The molecule has 24 heavy (non-hydrogen) atoms. The van der Waals surface area contributed by atoms with E-state index in [0.29, 0.717) is 21.4 Å². The Labute approximate surface area is 149 Å². The van der Waals surface area contributed by atoms with Crippen molar-refractivity contribution in [3.63, 3.8) is 0 Å². The van der Waals surface area contributed by atoms with E-state index in [1.54, 1.807) is 12.1 Å². The van der Waals surface area contributed by atoms with Crippen LogP contribution in [0.25, 0.3) is 0 Å². The average Bonchev–Trinajstić information content (AvgIpc) is 3.10. The van der Waals surface area contributed by atoms with Crippen molar-refractivity contribution in [1.29, 1.82) is 0 Å². The summed E-state index contributed by atoms with van der Waals surface area (Å²) in [6, 6.07) is 5.23. The Morgan fingerprint density at radius 2 is 2.12 bits per heavy atom. The third-order valence-electron chi connectivity index (χ3n) is 3.94. The van der Waals surface area contributed by atoms with E-state index in [4.69, 9.17) is 17.0 Å². The highest BCUT2D eigenvalue weighted by atomic mass is 32.1. The molecule has 1 aromatic heterocycles. The Kier molecular flexibility index (Phi) is 4.73. The van der Waals surface area contributed by atoms with Gasteiger partial charge in [-0.2, -0.15) is 0 Å². The lowest BCUT2D eigenvalue weighted by Crippen LogP contribution is -2.20. The molecule has 0 amide bonds. The maximum atomic E-state index is 12.1. The van der Waals surface area contributed by atoms with Crippen LogP contribution in [-0.2, 0) is 17.6 Å². The number of carbonyl (C=O) groups is 1. The molecular weight excluding hydrogens is 344 g/mol. The van der Waals surface area contributed by atoms with Crippen molar-refractivity contribution in [2.45, 2.75) is 26.2 Å².